The fourth-order valence-corrected chi connectivity index (χ4v) is 3.59. The van der Waals surface area contributed by atoms with E-state index >= 15 is 0 Å². The average Bonchev–Trinajstić information content (AvgIpc) is 2.93. The summed E-state index contributed by atoms with van der Waals surface area (Å²) in [7, 11) is 0. The highest BCUT2D eigenvalue weighted by atomic mass is 35.5. The van der Waals surface area contributed by atoms with Gasteiger partial charge in [0.1, 0.15) is 5.52 Å². The zero-order chi connectivity index (χ0) is 12.7. The predicted octanol–water partition coefficient (Wildman–Crippen LogP) is 3.54. The molecule has 1 amide bonds. The minimum atomic E-state index is 0.0934. The highest BCUT2D eigenvalue weighted by Crippen LogP contribution is 2.35. The maximum atomic E-state index is 11.9. The van der Waals surface area contributed by atoms with Crippen LogP contribution in [0.1, 0.15) is 6.42 Å². The van der Waals surface area contributed by atoms with E-state index in [4.69, 9.17) is 23.2 Å². The Morgan fingerprint density at radius 1 is 1.50 bits per heavy atom. The molecule has 0 radical (unpaired) electrons. The van der Waals surface area contributed by atoms with Gasteiger partial charge in [-0.25, -0.2) is 4.98 Å². The molecule has 1 unspecified atom stereocenters. The maximum Gasteiger partial charge on any atom is 0.229 e. The molecule has 1 aliphatic rings. The van der Waals surface area contributed by atoms with Gasteiger partial charge in [0.25, 0.3) is 0 Å². The van der Waals surface area contributed by atoms with Crippen molar-refractivity contribution < 1.29 is 4.79 Å². The Labute approximate surface area is 118 Å². The van der Waals surface area contributed by atoms with Crippen molar-refractivity contribution in [3.63, 3.8) is 0 Å². The van der Waals surface area contributed by atoms with E-state index < -0.39 is 0 Å². The Bertz CT molecular complexity index is 613. The molecule has 0 spiro atoms. The molecule has 1 aromatic heterocycles. The Morgan fingerprint density at radius 2 is 2.33 bits per heavy atom. The molecule has 0 N–H and O–H groups in total. The standard InChI is InChI=1S/C12H10Cl2N2OS/c13-5-7-4-10(17)16(6-7)12-15-11-8(14)2-1-3-9(11)18-12/h1-3,7H,4-6H2. The molecular weight excluding hydrogens is 291 g/mol. The first-order valence-electron chi connectivity index (χ1n) is 5.60. The minimum absolute atomic E-state index is 0.0934. The molecule has 94 valence electrons. The number of benzene rings is 1. The van der Waals surface area contributed by atoms with E-state index in [9.17, 15) is 4.79 Å². The Hall–Kier alpha value is -0.840. The van der Waals surface area contributed by atoms with Gasteiger partial charge < -0.3 is 0 Å². The fourth-order valence-electron chi connectivity index (χ4n) is 2.09. The van der Waals surface area contributed by atoms with E-state index in [1.54, 1.807) is 11.0 Å². The lowest BCUT2D eigenvalue weighted by Gasteiger charge is -2.11. The molecular formula is C12H10Cl2N2OS. The highest BCUT2D eigenvalue weighted by Gasteiger charge is 2.31. The van der Waals surface area contributed by atoms with Gasteiger partial charge in [-0.05, 0) is 18.1 Å². The first-order chi connectivity index (χ1) is 8.69. The fraction of sp³-hybridized carbons (Fsp3) is 0.333. The molecule has 1 aliphatic heterocycles. The number of carbonyl (C=O) groups is 1. The number of aromatic nitrogens is 1. The average molecular weight is 301 g/mol. The molecule has 6 heteroatoms. The van der Waals surface area contributed by atoms with Crippen molar-refractivity contribution in [2.45, 2.75) is 6.42 Å². The zero-order valence-corrected chi connectivity index (χ0v) is 11.7. The quantitative estimate of drug-likeness (QED) is 0.795. The number of hydrogen-bond donors (Lipinski definition) is 0. The number of anilines is 1. The highest BCUT2D eigenvalue weighted by molar-refractivity contribution is 7.22. The van der Waals surface area contributed by atoms with Crippen LogP contribution >= 0.6 is 34.5 Å². The number of thiazole rings is 1. The third-order valence-corrected chi connectivity index (χ3v) is 4.80. The zero-order valence-electron chi connectivity index (χ0n) is 9.40. The first kappa shape index (κ1) is 12.2. The molecule has 2 heterocycles. The van der Waals surface area contributed by atoms with Gasteiger partial charge in [-0.3, -0.25) is 9.69 Å². The number of para-hydroxylation sites is 1. The van der Waals surface area contributed by atoms with Crippen molar-refractivity contribution in [1.29, 1.82) is 0 Å². The monoisotopic (exact) mass is 300 g/mol. The van der Waals surface area contributed by atoms with Gasteiger partial charge in [-0.15, -0.1) is 11.6 Å². The summed E-state index contributed by atoms with van der Waals surface area (Å²) < 4.78 is 1.000. The number of carbonyl (C=O) groups excluding carboxylic acids is 1. The van der Waals surface area contributed by atoms with Gasteiger partial charge in [0.2, 0.25) is 5.91 Å². The summed E-state index contributed by atoms with van der Waals surface area (Å²) in [6, 6.07) is 5.66. The second kappa shape index (κ2) is 4.68. The molecule has 0 bridgehead atoms. The van der Waals surface area contributed by atoms with Crippen molar-refractivity contribution in [2.75, 3.05) is 17.3 Å². The lowest BCUT2D eigenvalue weighted by molar-refractivity contribution is -0.117. The van der Waals surface area contributed by atoms with Crippen molar-refractivity contribution in [3.8, 4) is 0 Å². The normalized spacial score (nSPS) is 20.0. The summed E-state index contributed by atoms with van der Waals surface area (Å²) in [6.07, 6.45) is 0.507. The largest absolute Gasteiger partial charge is 0.288 e. The summed E-state index contributed by atoms with van der Waals surface area (Å²) >= 11 is 13.4. The van der Waals surface area contributed by atoms with Crippen LogP contribution < -0.4 is 4.90 Å². The number of hydrogen-bond acceptors (Lipinski definition) is 3. The van der Waals surface area contributed by atoms with Crippen molar-refractivity contribution in [2.24, 2.45) is 5.92 Å². The van der Waals surface area contributed by atoms with Crippen LogP contribution in [0.4, 0.5) is 5.13 Å². The summed E-state index contributed by atoms with van der Waals surface area (Å²) in [4.78, 5) is 18.1. The van der Waals surface area contributed by atoms with Crippen molar-refractivity contribution >= 4 is 55.8 Å². The van der Waals surface area contributed by atoms with Crippen LogP contribution in [0, 0.1) is 5.92 Å². The van der Waals surface area contributed by atoms with E-state index in [0.717, 1.165) is 15.3 Å². The van der Waals surface area contributed by atoms with E-state index in [1.807, 2.05) is 12.1 Å². The first-order valence-corrected chi connectivity index (χ1v) is 7.33. The predicted molar refractivity (Wildman–Crippen MR) is 75.8 cm³/mol. The van der Waals surface area contributed by atoms with E-state index in [-0.39, 0.29) is 11.8 Å². The second-order valence-corrected chi connectivity index (χ2v) is 6.04. The SMILES string of the molecule is O=C1CC(CCl)CN1c1nc2c(Cl)cccc2s1. The van der Waals surface area contributed by atoms with Gasteiger partial charge >= 0.3 is 0 Å². The van der Waals surface area contributed by atoms with Crippen LogP contribution in [-0.4, -0.2) is 23.3 Å². The molecule has 0 saturated carbocycles. The lowest BCUT2D eigenvalue weighted by Crippen LogP contribution is -2.24. The Balaban J connectivity index is 2.00. The summed E-state index contributed by atoms with van der Waals surface area (Å²) in [5.74, 6) is 0.825. The van der Waals surface area contributed by atoms with Crippen LogP contribution in [-0.2, 0) is 4.79 Å². The summed E-state index contributed by atoms with van der Waals surface area (Å²) in [5, 5.41) is 1.34. The lowest BCUT2D eigenvalue weighted by atomic mass is 10.2. The van der Waals surface area contributed by atoms with Crippen molar-refractivity contribution in [3.05, 3.63) is 23.2 Å². The van der Waals surface area contributed by atoms with Crippen LogP contribution in [0.2, 0.25) is 5.02 Å². The van der Waals surface area contributed by atoms with Crippen molar-refractivity contribution in [1.82, 2.24) is 4.98 Å². The van der Waals surface area contributed by atoms with Gasteiger partial charge in [0, 0.05) is 18.8 Å². The minimum Gasteiger partial charge on any atom is -0.288 e. The third kappa shape index (κ3) is 1.98. The number of alkyl halides is 1. The van der Waals surface area contributed by atoms with Crippen LogP contribution in [0.5, 0.6) is 0 Å². The maximum absolute atomic E-state index is 11.9. The molecule has 1 atom stereocenters. The molecule has 0 aliphatic carbocycles. The molecule has 1 saturated heterocycles. The number of amides is 1. The van der Waals surface area contributed by atoms with Crippen LogP contribution in [0.15, 0.2) is 18.2 Å². The number of fused-ring (bicyclic) bond motifs is 1. The number of halogens is 2. The van der Waals surface area contributed by atoms with Crippen LogP contribution in [0.25, 0.3) is 10.2 Å². The summed E-state index contributed by atoms with van der Waals surface area (Å²) in [5.41, 5.74) is 0.765. The van der Waals surface area contributed by atoms with Crippen LogP contribution in [0.3, 0.4) is 0 Å². The number of nitrogens with zero attached hydrogens (tertiary/aromatic N) is 2. The number of rotatable bonds is 2. The van der Waals surface area contributed by atoms with Gasteiger partial charge in [0.05, 0.1) is 9.72 Å². The van der Waals surface area contributed by atoms with E-state index in [2.05, 4.69) is 4.98 Å². The molecule has 18 heavy (non-hydrogen) atoms. The molecule has 3 rings (SSSR count). The molecule has 1 aromatic carbocycles. The smallest absolute Gasteiger partial charge is 0.229 e. The third-order valence-electron chi connectivity index (χ3n) is 3.01. The Morgan fingerprint density at radius 3 is 3.00 bits per heavy atom. The van der Waals surface area contributed by atoms with Gasteiger partial charge in [-0.2, -0.15) is 0 Å². The molecule has 1 fully saturated rings. The topological polar surface area (TPSA) is 33.2 Å². The molecule has 2 aromatic rings. The van der Waals surface area contributed by atoms with E-state index in [1.165, 1.54) is 11.3 Å². The molecule has 3 nitrogen and oxygen atoms in total. The second-order valence-electron chi connectivity index (χ2n) is 4.31. The van der Waals surface area contributed by atoms with Gasteiger partial charge in [-0.1, -0.05) is 29.0 Å². The summed E-state index contributed by atoms with van der Waals surface area (Å²) in [6.45, 7) is 0.653. The van der Waals surface area contributed by atoms with E-state index in [0.29, 0.717) is 23.9 Å². The van der Waals surface area contributed by atoms with Gasteiger partial charge in [0.15, 0.2) is 5.13 Å². The Kier molecular flexibility index (Phi) is 3.18.